The van der Waals surface area contributed by atoms with Crippen molar-refractivity contribution >= 4 is 21.2 Å². The van der Waals surface area contributed by atoms with E-state index < -0.39 is 0 Å². The first kappa shape index (κ1) is 11.9. The van der Waals surface area contributed by atoms with E-state index >= 15 is 0 Å². The van der Waals surface area contributed by atoms with Crippen molar-refractivity contribution in [2.45, 2.75) is 5.54 Å². The van der Waals surface area contributed by atoms with Crippen molar-refractivity contribution in [3.63, 3.8) is 0 Å². The van der Waals surface area contributed by atoms with Crippen LogP contribution in [-0.4, -0.2) is 21.2 Å². The minimum atomic E-state index is 0. The van der Waals surface area contributed by atoms with Gasteiger partial charge in [0.25, 0.3) is 0 Å². The van der Waals surface area contributed by atoms with E-state index in [1.54, 1.807) is 0 Å². The average molecular weight is 226 g/mol. The summed E-state index contributed by atoms with van der Waals surface area (Å²) < 4.78 is 0. The highest BCUT2D eigenvalue weighted by Crippen LogP contribution is 2.20. The van der Waals surface area contributed by atoms with Gasteiger partial charge in [-0.15, -0.1) is 0 Å². The topological polar surface area (TPSA) is 0 Å². The van der Waals surface area contributed by atoms with Gasteiger partial charge in [-0.2, -0.15) is 0 Å². The third-order valence-corrected chi connectivity index (χ3v) is 3.93. The average Bonchev–Trinajstić information content (AvgIpc) is 2.30. The Hall–Kier alpha value is -1.13. The van der Waals surface area contributed by atoms with Crippen LogP contribution in [0.5, 0.6) is 0 Å². The normalized spacial score (nSPS) is 9.93. The van der Waals surface area contributed by atoms with Gasteiger partial charge in [0.1, 0.15) is 0 Å². The van der Waals surface area contributed by atoms with Crippen LogP contribution in [0, 0.1) is 0 Å². The lowest BCUT2D eigenvalue weighted by molar-refractivity contribution is 1.14. The molecule has 0 aromatic heterocycles. The number of hydrogen-bond acceptors (Lipinski definition) is 0. The molecule has 74 valence electrons. The second kappa shape index (κ2) is 5.68. The van der Waals surface area contributed by atoms with Gasteiger partial charge >= 0.3 is 0 Å². The van der Waals surface area contributed by atoms with Gasteiger partial charge in [0.05, 0.1) is 0 Å². The smallest absolute Gasteiger partial charge is 0.0178 e. The van der Waals surface area contributed by atoms with Crippen LogP contribution in [0.2, 0.25) is 0 Å². The lowest BCUT2D eigenvalue weighted by Crippen LogP contribution is -1.99. The van der Waals surface area contributed by atoms with E-state index in [-0.39, 0.29) is 11.0 Å². The second-order valence-electron chi connectivity index (χ2n) is 3.54. The summed E-state index contributed by atoms with van der Waals surface area (Å²) in [4.78, 5) is 0. The molecule has 0 aliphatic rings. The molecule has 0 heterocycles. The van der Waals surface area contributed by atoms with Crippen molar-refractivity contribution in [1.29, 1.82) is 0 Å². The molecule has 0 saturated carbocycles. The first-order chi connectivity index (χ1) is 6.88. The van der Waals surface area contributed by atoms with E-state index in [0.717, 1.165) is 10.2 Å². The maximum absolute atomic E-state index is 2.21. The Labute approximate surface area is 98.8 Å². The fourth-order valence-corrected chi connectivity index (χ4v) is 2.45. The van der Waals surface area contributed by atoms with Crippen molar-refractivity contribution in [1.82, 2.24) is 0 Å². The van der Waals surface area contributed by atoms with Crippen LogP contribution in [0.4, 0.5) is 0 Å². The van der Waals surface area contributed by atoms with Gasteiger partial charge in [-0.1, -0.05) is 60.7 Å². The molecular formula is C13H14Si2. The lowest BCUT2D eigenvalue weighted by Gasteiger charge is -2.11. The van der Waals surface area contributed by atoms with Gasteiger partial charge < -0.3 is 0 Å². The van der Waals surface area contributed by atoms with E-state index in [0.29, 0.717) is 5.54 Å². The molecule has 0 amide bonds. The van der Waals surface area contributed by atoms with Gasteiger partial charge in [0, 0.05) is 21.2 Å². The molecule has 0 nitrogen and oxygen atoms in total. The largest absolute Gasteiger partial charge is 0.0622 e. The monoisotopic (exact) mass is 226 g/mol. The van der Waals surface area contributed by atoms with Crippen LogP contribution in [0.15, 0.2) is 60.7 Å². The first-order valence-electron chi connectivity index (χ1n) is 4.98. The van der Waals surface area contributed by atoms with Crippen molar-refractivity contribution in [3.05, 3.63) is 71.8 Å². The highest BCUT2D eigenvalue weighted by molar-refractivity contribution is 6.14. The zero-order valence-electron chi connectivity index (χ0n) is 8.85. The SMILES string of the molecule is [SiH3]C(c1ccccc1)c1ccccc1.[Si]. The molecule has 15 heavy (non-hydrogen) atoms. The fourth-order valence-electron chi connectivity index (χ4n) is 1.68. The van der Waals surface area contributed by atoms with Gasteiger partial charge in [0.2, 0.25) is 0 Å². The predicted octanol–water partition coefficient (Wildman–Crippen LogP) is 1.76. The van der Waals surface area contributed by atoms with Gasteiger partial charge in [0.15, 0.2) is 0 Å². The number of rotatable bonds is 2. The van der Waals surface area contributed by atoms with E-state index in [2.05, 4.69) is 60.7 Å². The summed E-state index contributed by atoms with van der Waals surface area (Å²) >= 11 is 0. The predicted molar refractivity (Wildman–Crippen MR) is 70.4 cm³/mol. The molecule has 0 spiro atoms. The van der Waals surface area contributed by atoms with Crippen molar-refractivity contribution in [2.24, 2.45) is 0 Å². The quantitative estimate of drug-likeness (QED) is 0.685. The maximum Gasteiger partial charge on any atom is 0.0178 e. The third kappa shape index (κ3) is 2.91. The lowest BCUT2D eigenvalue weighted by atomic mass is 10.0. The molecule has 0 N–H and O–H groups in total. The van der Waals surface area contributed by atoms with Crippen LogP contribution >= 0.6 is 0 Å². The van der Waals surface area contributed by atoms with Gasteiger partial charge in [-0.3, -0.25) is 0 Å². The van der Waals surface area contributed by atoms with Gasteiger partial charge in [-0.05, 0) is 16.7 Å². The minimum Gasteiger partial charge on any atom is -0.0622 e. The summed E-state index contributed by atoms with van der Waals surface area (Å²) in [6.45, 7) is 0. The zero-order valence-corrected chi connectivity index (χ0v) is 11.9. The molecule has 0 bridgehead atoms. The van der Waals surface area contributed by atoms with Crippen LogP contribution in [-0.2, 0) is 0 Å². The van der Waals surface area contributed by atoms with E-state index in [1.807, 2.05) is 0 Å². The number of hydrogen-bond donors (Lipinski definition) is 0. The fraction of sp³-hybridized carbons (Fsp3) is 0.0769. The Balaban J connectivity index is 0.00000112. The Morgan fingerprint density at radius 3 is 1.33 bits per heavy atom. The molecule has 2 heteroatoms. The van der Waals surface area contributed by atoms with E-state index in [4.69, 9.17) is 0 Å². The zero-order chi connectivity index (χ0) is 9.80. The van der Waals surface area contributed by atoms with Gasteiger partial charge in [-0.25, -0.2) is 0 Å². The first-order valence-corrected chi connectivity index (χ1v) is 6.13. The minimum absolute atomic E-state index is 0. The highest BCUT2D eigenvalue weighted by atomic mass is 28.1. The number of benzene rings is 2. The summed E-state index contributed by atoms with van der Waals surface area (Å²) in [7, 11) is 1.16. The molecule has 0 unspecified atom stereocenters. The summed E-state index contributed by atoms with van der Waals surface area (Å²) in [5.74, 6) is 0. The van der Waals surface area contributed by atoms with Crippen molar-refractivity contribution in [2.75, 3.05) is 0 Å². The second-order valence-corrected chi connectivity index (χ2v) is 4.70. The molecule has 2 aromatic carbocycles. The summed E-state index contributed by atoms with van der Waals surface area (Å²) in [6.07, 6.45) is 0. The Morgan fingerprint density at radius 2 is 1.00 bits per heavy atom. The van der Waals surface area contributed by atoms with Crippen LogP contribution in [0.1, 0.15) is 16.7 Å². The molecular weight excluding hydrogens is 212 g/mol. The van der Waals surface area contributed by atoms with Crippen molar-refractivity contribution < 1.29 is 0 Å². The molecule has 0 fully saturated rings. The molecule has 0 atom stereocenters. The molecule has 0 aliphatic carbocycles. The standard InChI is InChI=1S/C13H14Si.Si/c14-13(11-7-3-1-4-8-11)12-9-5-2-6-10-12;/h1-10,13H,14H3;. The Morgan fingerprint density at radius 1 is 0.667 bits per heavy atom. The van der Waals surface area contributed by atoms with Crippen molar-refractivity contribution in [3.8, 4) is 0 Å². The molecule has 0 aliphatic heterocycles. The molecule has 2 rings (SSSR count). The Bertz CT molecular complexity index is 344. The summed E-state index contributed by atoms with van der Waals surface area (Å²) in [5.41, 5.74) is 3.49. The maximum atomic E-state index is 2.21. The Kier molecular flexibility index (Phi) is 4.52. The van der Waals surface area contributed by atoms with Crippen LogP contribution in [0.25, 0.3) is 0 Å². The molecule has 4 radical (unpaired) electrons. The van der Waals surface area contributed by atoms with Crippen LogP contribution in [0.3, 0.4) is 0 Å². The summed E-state index contributed by atoms with van der Waals surface area (Å²) in [6, 6.07) is 21.5. The van der Waals surface area contributed by atoms with Crippen LogP contribution < -0.4 is 0 Å². The van der Waals surface area contributed by atoms with E-state index in [1.165, 1.54) is 11.1 Å². The van der Waals surface area contributed by atoms with E-state index in [9.17, 15) is 0 Å². The third-order valence-electron chi connectivity index (χ3n) is 2.60. The molecule has 2 aromatic rings. The highest BCUT2D eigenvalue weighted by Gasteiger charge is 2.05. The molecule has 0 saturated heterocycles. The summed E-state index contributed by atoms with van der Waals surface area (Å²) in [5, 5.41) is 0.